The molecule has 2 unspecified atom stereocenters. The van der Waals surface area contributed by atoms with Crippen LogP contribution in [0.2, 0.25) is 0 Å². The van der Waals surface area contributed by atoms with E-state index in [1.54, 1.807) is 0 Å². The minimum Gasteiger partial charge on any atom is -0.349 e. The van der Waals surface area contributed by atoms with Crippen LogP contribution in [-0.2, 0) is 0 Å². The molecule has 0 bridgehead atoms. The second-order valence-corrected chi connectivity index (χ2v) is 13.2. The van der Waals surface area contributed by atoms with Crippen molar-refractivity contribution < 1.29 is 0 Å². The zero-order chi connectivity index (χ0) is 33.0. The van der Waals surface area contributed by atoms with E-state index in [1.807, 2.05) is 0 Å². The van der Waals surface area contributed by atoms with Crippen molar-refractivity contribution in [1.29, 1.82) is 0 Å². The predicted molar refractivity (Wildman–Crippen MR) is 208 cm³/mol. The third-order valence-corrected chi connectivity index (χ3v) is 10.3. The van der Waals surface area contributed by atoms with Crippen molar-refractivity contribution >= 4 is 49.6 Å². The van der Waals surface area contributed by atoms with E-state index in [2.05, 4.69) is 190 Å². The van der Waals surface area contributed by atoms with Gasteiger partial charge in [0.2, 0.25) is 5.96 Å². The summed E-state index contributed by atoms with van der Waals surface area (Å²) in [4.78, 5) is 5.45. The van der Waals surface area contributed by atoms with Gasteiger partial charge < -0.3 is 9.88 Å². The van der Waals surface area contributed by atoms with Crippen LogP contribution in [0.4, 0.5) is 0 Å². The number of nitrogens with zero attached hydrogens (tertiary/aromatic N) is 3. The highest BCUT2D eigenvalue weighted by atomic mass is 15.3. The Bertz CT molecular complexity index is 2700. The summed E-state index contributed by atoms with van der Waals surface area (Å²) in [6, 6.07) is 63.5. The smallest absolute Gasteiger partial charge is 0.204 e. The van der Waals surface area contributed by atoms with Crippen molar-refractivity contribution in [2.24, 2.45) is 4.99 Å². The number of para-hydroxylation sites is 3. The minimum atomic E-state index is 0.0291. The highest BCUT2D eigenvalue weighted by molar-refractivity contribution is 6.15. The van der Waals surface area contributed by atoms with Gasteiger partial charge in [-0.25, -0.2) is 4.99 Å². The Morgan fingerprint density at radius 1 is 0.440 bits per heavy atom. The summed E-state index contributed by atoms with van der Waals surface area (Å²) in [5.41, 5.74) is 10.7. The molecule has 0 spiro atoms. The highest BCUT2D eigenvalue weighted by Crippen LogP contribution is 2.39. The summed E-state index contributed by atoms with van der Waals surface area (Å²) in [7, 11) is 0. The summed E-state index contributed by atoms with van der Waals surface area (Å²) >= 11 is 0. The zero-order valence-corrected chi connectivity index (χ0v) is 27.4. The summed E-state index contributed by atoms with van der Waals surface area (Å²) in [6.07, 6.45) is 0.885. The Hall–Kier alpha value is -6.39. The zero-order valence-electron chi connectivity index (χ0n) is 27.4. The molecule has 4 nitrogen and oxygen atoms in total. The first-order valence-corrected chi connectivity index (χ1v) is 17.4. The maximum absolute atomic E-state index is 5.45. The third-order valence-electron chi connectivity index (χ3n) is 10.3. The maximum atomic E-state index is 5.45. The molecule has 0 radical (unpaired) electrons. The molecular formula is C46H34N4. The normalized spacial score (nSPS) is 16.2. The van der Waals surface area contributed by atoms with Gasteiger partial charge in [-0.2, -0.15) is 0 Å². The highest BCUT2D eigenvalue weighted by Gasteiger charge is 2.28. The number of rotatable bonds is 4. The Morgan fingerprint density at radius 3 is 1.72 bits per heavy atom. The molecule has 0 aliphatic carbocycles. The lowest BCUT2D eigenvalue weighted by Crippen LogP contribution is -2.38. The quantitative estimate of drug-likeness (QED) is 0.204. The Morgan fingerprint density at radius 2 is 0.980 bits per heavy atom. The second kappa shape index (κ2) is 11.6. The molecular weight excluding hydrogens is 609 g/mol. The van der Waals surface area contributed by atoms with Gasteiger partial charge >= 0.3 is 0 Å². The fraction of sp³-hybridized carbons (Fsp3) is 0.0652. The number of nitrogens with one attached hydrogen (secondary N) is 1. The first-order valence-electron chi connectivity index (χ1n) is 17.4. The van der Waals surface area contributed by atoms with Gasteiger partial charge in [0.25, 0.3) is 0 Å². The molecule has 2 atom stereocenters. The van der Waals surface area contributed by atoms with Crippen molar-refractivity contribution in [2.45, 2.75) is 18.5 Å². The van der Waals surface area contributed by atoms with Gasteiger partial charge in [-0.05, 0) is 71.1 Å². The average molecular weight is 643 g/mol. The molecule has 1 aliphatic rings. The van der Waals surface area contributed by atoms with Crippen molar-refractivity contribution in [2.75, 3.05) is 0 Å². The van der Waals surface area contributed by atoms with Crippen LogP contribution >= 0.6 is 0 Å². The number of aromatic nitrogens is 2. The average Bonchev–Trinajstić information content (AvgIpc) is 3.71. The molecule has 238 valence electrons. The Balaban J connectivity index is 1.16. The minimum absolute atomic E-state index is 0.0291. The largest absolute Gasteiger partial charge is 0.349 e. The van der Waals surface area contributed by atoms with Crippen molar-refractivity contribution in [3.63, 3.8) is 0 Å². The van der Waals surface area contributed by atoms with E-state index < -0.39 is 0 Å². The van der Waals surface area contributed by atoms with Gasteiger partial charge in [0.05, 0.1) is 34.2 Å². The topological polar surface area (TPSA) is 34.2 Å². The monoisotopic (exact) mass is 642 g/mol. The van der Waals surface area contributed by atoms with Crippen molar-refractivity contribution in [3.05, 3.63) is 187 Å². The molecule has 7 aromatic carbocycles. The van der Waals surface area contributed by atoms with E-state index in [0.717, 1.165) is 23.4 Å². The van der Waals surface area contributed by atoms with Gasteiger partial charge in [-0.3, -0.25) is 4.57 Å². The molecule has 10 rings (SSSR count). The summed E-state index contributed by atoms with van der Waals surface area (Å²) in [6.45, 7) is 0. The predicted octanol–water partition coefficient (Wildman–Crippen LogP) is 11.2. The SMILES string of the molecule is c1ccc(C2CC(c3ccccc3)NC(n3c4ccccc4c4ccc(-c5ccc6c(c5)c5ccccc5n6-c5ccccc5)cc43)=N2)cc1. The third kappa shape index (κ3) is 4.64. The molecule has 0 amide bonds. The first kappa shape index (κ1) is 28.6. The molecule has 1 N–H and O–H groups in total. The van der Waals surface area contributed by atoms with Crippen LogP contribution in [0.15, 0.2) is 181 Å². The molecule has 3 heterocycles. The van der Waals surface area contributed by atoms with Gasteiger partial charge in [0, 0.05) is 27.2 Å². The standard InChI is InChI=1S/C46H34N4/c1-4-14-31(15-5-1)40-30-41(32-16-6-2-7-17-32)48-46(47-40)50-43-23-13-10-20-36(43)38-26-24-34(29-45(38)50)33-25-27-44-39(28-33)37-21-11-12-22-42(37)49(44)35-18-8-3-9-19-35/h1-29,40-41H,30H2,(H,47,48). The van der Waals surface area contributed by atoms with Crippen LogP contribution in [-0.4, -0.2) is 15.1 Å². The Kier molecular flexibility index (Phi) is 6.66. The van der Waals surface area contributed by atoms with Crippen molar-refractivity contribution in [1.82, 2.24) is 14.5 Å². The lowest BCUT2D eigenvalue weighted by atomic mass is 9.94. The molecule has 0 fully saturated rings. The molecule has 0 saturated heterocycles. The lowest BCUT2D eigenvalue weighted by molar-refractivity contribution is 0.483. The fourth-order valence-electron chi connectivity index (χ4n) is 7.97. The Labute approximate surface area is 290 Å². The van der Waals surface area contributed by atoms with Crippen LogP contribution in [0.3, 0.4) is 0 Å². The number of benzene rings is 7. The molecule has 0 saturated carbocycles. The van der Waals surface area contributed by atoms with Gasteiger partial charge in [0.15, 0.2) is 0 Å². The van der Waals surface area contributed by atoms with Crippen LogP contribution in [0.1, 0.15) is 29.6 Å². The van der Waals surface area contributed by atoms with Crippen molar-refractivity contribution in [3.8, 4) is 16.8 Å². The molecule has 50 heavy (non-hydrogen) atoms. The molecule has 4 heteroatoms. The number of hydrogen-bond acceptors (Lipinski definition) is 2. The van der Waals surface area contributed by atoms with E-state index in [-0.39, 0.29) is 12.1 Å². The van der Waals surface area contributed by atoms with E-state index in [4.69, 9.17) is 4.99 Å². The van der Waals surface area contributed by atoms with Crippen LogP contribution in [0, 0.1) is 0 Å². The molecule has 1 aliphatic heterocycles. The van der Waals surface area contributed by atoms with E-state index in [9.17, 15) is 0 Å². The number of hydrogen-bond donors (Lipinski definition) is 1. The summed E-state index contributed by atoms with van der Waals surface area (Å²) in [5, 5.41) is 8.83. The van der Waals surface area contributed by atoms with Gasteiger partial charge in [0.1, 0.15) is 0 Å². The fourth-order valence-corrected chi connectivity index (χ4v) is 7.97. The van der Waals surface area contributed by atoms with Crippen LogP contribution in [0.5, 0.6) is 0 Å². The summed E-state index contributed by atoms with van der Waals surface area (Å²) < 4.78 is 4.72. The number of aliphatic imine (C=N–C) groups is 1. The van der Waals surface area contributed by atoms with Crippen LogP contribution in [0.25, 0.3) is 60.4 Å². The van der Waals surface area contributed by atoms with Gasteiger partial charge in [-0.15, -0.1) is 0 Å². The van der Waals surface area contributed by atoms with Gasteiger partial charge in [-0.1, -0.05) is 133 Å². The number of fused-ring (bicyclic) bond motifs is 6. The van der Waals surface area contributed by atoms with E-state index in [1.165, 1.54) is 60.5 Å². The lowest BCUT2D eigenvalue weighted by Gasteiger charge is -2.31. The second-order valence-electron chi connectivity index (χ2n) is 13.2. The maximum Gasteiger partial charge on any atom is 0.204 e. The van der Waals surface area contributed by atoms with E-state index in [0.29, 0.717) is 0 Å². The summed E-state index contributed by atoms with van der Waals surface area (Å²) in [5.74, 6) is 0.878. The first-order chi connectivity index (χ1) is 24.8. The van der Waals surface area contributed by atoms with E-state index >= 15 is 0 Å². The molecule has 2 aromatic heterocycles. The van der Waals surface area contributed by atoms with Crippen LogP contribution < -0.4 is 5.32 Å². The molecule has 9 aromatic rings.